The third-order valence-electron chi connectivity index (χ3n) is 2.87. The quantitative estimate of drug-likeness (QED) is 0.776. The molecule has 1 saturated heterocycles. The van der Waals surface area contributed by atoms with E-state index in [2.05, 4.69) is 10.2 Å². The van der Waals surface area contributed by atoms with Gasteiger partial charge in [-0.2, -0.15) is 9.40 Å². The molecule has 0 aromatic carbocycles. The third kappa shape index (κ3) is 1.85. The van der Waals surface area contributed by atoms with Crippen LogP contribution in [-0.2, 0) is 10.0 Å². The first-order chi connectivity index (χ1) is 7.53. The van der Waals surface area contributed by atoms with Gasteiger partial charge in [-0.1, -0.05) is 0 Å². The predicted molar refractivity (Wildman–Crippen MR) is 59.0 cm³/mol. The minimum atomic E-state index is -3.48. The Labute approximate surface area is 94.9 Å². The molecule has 0 saturated carbocycles. The van der Waals surface area contributed by atoms with Crippen LogP contribution in [0.3, 0.4) is 0 Å². The molecule has 6 nitrogen and oxygen atoms in total. The number of hydrogen-bond donors (Lipinski definition) is 2. The number of aromatic nitrogens is 2. The molecule has 1 aliphatic rings. The lowest BCUT2D eigenvalue weighted by Crippen LogP contribution is -2.48. The van der Waals surface area contributed by atoms with Crippen molar-refractivity contribution in [3.05, 3.63) is 11.9 Å². The summed E-state index contributed by atoms with van der Waals surface area (Å²) in [5.41, 5.74) is 6.39. The molecule has 1 unspecified atom stereocenters. The fraction of sp³-hybridized carbons (Fsp3) is 0.667. The molecular weight excluding hydrogens is 228 g/mol. The number of hydrogen-bond acceptors (Lipinski definition) is 4. The highest BCUT2D eigenvalue weighted by molar-refractivity contribution is 7.89. The van der Waals surface area contributed by atoms with E-state index in [0.717, 1.165) is 19.3 Å². The summed E-state index contributed by atoms with van der Waals surface area (Å²) in [6.45, 7) is 2.18. The van der Waals surface area contributed by atoms with E-state index in [1.54, 1.807) is 6.92 Å². The van der Waals surface area contributed by atoms with Crippen molar-refractivity contribution >= 4 is 10.0 Å². The van der Waals surface area contributed by atoms with Crippen LogP contribution in [0.4, 0.5) is 0 Å². The van der Waals surface area contributed by atoms with Gasteiger partial charge < -0.3 is 5.73 Å². The lowest BCUT2D eigenvalue weighted by Gasteiger charge is -2.31. The van der Waals surface area contributed by atoms with Crippen LogP contribution in [0.2, 0.25) is 0 Å². The molecule has 1 aliphatic heterocycles. The summed E-state index contributed by atoms with van der Waals surface area (Å²) >= 11 is 0. The molecule has 7 heteroatoms. The molecule has 1 aromatic heterocycles. The van der Waals surface area contributed by atoms with E-state index in [4.69, 9.17) is 5.73 Å². The Morgan fingerprint density at radius 3 is 2.88 bits per heavy atom. The van der Waals surface area contributed by atoms with Gasteiger partial charge in [0.15, 0.2) is 0 Å². The highest BCUT2D eigenvalue weighted by atomic mass is 32.2. The zero-order valence-electron chi connectivity index (χ0n) is 9.18. The molecule has 16 heavy (non-hydrogen) atoms. The number of aromatic amines is 1. The van der Waals surface area contributed by atoms with Crippen molar-refractivity contribution in [3.8, 4) is 0 Å². The molecule has 0 aliphatic carbocycles. The van der Waals surface area contributed by atoms with E-state index in [0.29, 0.717) is 12.2 Å². The monoisotopic (exact) mass is 244 g/mol. The zero-order chi connectivity index (χ0) is 11.8. The zero-order valence-corrected chi connectivity index (χ0v) is 10.00. The van der Waals surface area contributed by atoms with Crippen molar-refractivity contribution in [2.75, 3.05) is 6.54 Å². The first-order valence-corrected chi connectivity index (χ1v) is 6.75. The SMILES string of the molecule is Cc1[nH]ncc1S(=O)(=O)N1CCCCC1N. The van der Waals surface area contributed by atoms with Crippen LogP contribution in [0.25, 0.3) is 0 Å². The topological polar surface area (TPSA) is 92.1 Å². The number of nitrogens with zero attached hydrogens (tertiary/aromatic N) is 2. The minimum absolute atomic E-state index is 0.227. The summed E-state index contributed by atoms with van der Waals surface area (Å²) in [6.07, 6.45) is 3.50. The number of H-pyrrole nitrogens is 1. The molecule has 1 atom stereocenters. The molecule has 0 radical (unpaired) electrons. The van der Waals surface area contributed by atoms with E-state index in [-0.39, 0.29) is 4.90 Å². The minimum Gasteiger partial charge on any atom is -0.315 e. The molecular formula is C9H16N4O2S. The molecule has 1 fully saturated rings. The van der Waals surface area contributed by atoms with Gasteiger partial charge in [-0.05, 0) is 26.2 Å². The van der Waals surface area contributed by atoms with Crippen molar-refractivity contribution in [1.29, 1.82) is 0 Å². The Morgan fingerprint density at radius 2 is 2.31 bits per heavy atom. The fourth-order valence-corrected chi connectivity index (χ4v) is 3.66. The van der Waals surface area contributed by atoms with E-state index >= 15 is 0 Å². The second kappa shape index (κ2) is 4.15. The lowest BCUT2D eigenvalue weighted by atomic mass is 10.1. The first kappa shape index (κ1) is 11.6. The average molecular weight is 244 g/mol. The Hall–Kier alpha value is -0.920. The normalized spacial score (nSPS) is 23.5. The number of aryl methyl sites for hydroxylation is 1. The number of piperidine rings is 1. The van der Waals surface area contributed by atoms with Crippen LogP contribution < -0.4 is 5.73 Å². The van der Waals surface area contributed by atoms with Gasteiger partial charge in [-0.3, -0.25) is 5.10 Å². The maximum absolute atomic E-state index is 12.3. The second-order valence-electron chi connectivity index (χ2n) is 4.04. The molecule has 0 amide bonds. The van der Waals surface area contributed by atoms with Crippen LogP contribution in [0, 0.1) is 6.92 Å². The summed E-state index contributed by atoms with van der Waals surface area (Å²) < 4.78 is 25.9. The summed E-state index contributed by atoms with van der Waals surface area (Å²) in [7, 11) is -3.48. The number of nitrogens with one attached hydrogen (secondary N) is 1. The Morgan fingerprint density at radius 1 is 1.56 bits per heavy atom. The summed E-state index contributed by atoms with van der Waals surface area (Å²) in [4.78, 5) is 0.227. The van der Waals surface area contributed by atoms with Crippen LogP contribution >= 0.6 is 0 Å². The molecule has 0 bridgehead atoms. The maximum atomic E-state index is 12.3. The summed E-state index contributed by atoms with van der Waals surface area (Å²) in [5, 5.41) is 6.37. The van der Waals surface area contributed by atoms with Gasteiger partial charge >= 0.3 is 0 Å². The van der Waals surface area contributed by atoms with E-state index in [1.807, 2.05) is 0 Å². The van der Waals surface area contributed by atoms with Crippen molar-refractivity contribution in [2.24, 2.45) is 5.73 Å². The largest absolute Gasteiger partial charge is 0.315 e. The third-order valence-corrected chi connectivity index (χ3v) is 4.91. The highest BCUT2D eigenvalue weighted by Gasteiger charge is 2.33. The van der Waals surface area contributed by atoms with Crippen LogP contribution in [0.1, 0.15) is 25.0 Å². The van der Waals surface area contributed by atoms with E-state index in [1.165, 1.54) is 10.5 Å². The van der Waals surface area contributed by atoms with Crippen molar-refractivity contribution in [1.82, 2.24) is 14.5 Å². The first-order valence-electron chi connectivity index (χ1n) is 5.31. The molecule has 3 N–H and O–H groups in total. The van der Waals surface area contributed by atoms with E-state index < -0.39 is 16.2 Å². The smallest absolute Gasteiger partial charge is 0.247 e. The number of sulfonamides is 1. The van der Waals surface area contributed by atoms with Crippen LogP contribution in [0.5, 0.6) is 0 Å². The van der Waals surface area contributed by atoms with Crippen molar-refractivity contribution in [3.63, 3.8) is 0 Å². The predicted octanol–water partition coefficient (Wildman–Crippen LogP) is 0.178. The molecule has 0 spiro atoms. The number of rotatable bonds is 2. The molecule has 2 heterocycles. The Balaban J connectivity index is 2.35. The van der Waals surface area contributed by atoms with Gasteiger partial charge in [0.2, 0.25) is 10.0 Å². The van der Waals surface area contributed by atoms with Gasteiger partial charge in [-0.15, -0.1) is 0 Å². The average Bonchev–Trinajstić information content (AvgIpc) is 2.65. The van der Waals surface area contributed by atoms with Crippen molar-refractivity contribution < 1.29 is 8.42 Å². The second-order valence-corrected chi connectivity index (χ2v) is 5.90. The standard InChI is InChI=1S/C9H16N4O2S/c1-7-8(6-11-12-7)16(14,15)13-5-3-2-4-9(13)10/h6,9H,2-5,10H2,1H3,(H,11,12). The Bertz CT molecular complexity index is 468. The molecule has 2 rings (SSSR count). The van der Waals surface area contributed by atoms with Gasteiger partial charge in [0, 0.05) is 6.54 Å². The highest BCUT2D eigenvalue weighted by Crippen LogP contribution is 2.23. The van der Waals surface area contributed by atoms with Gasteiger partial charge in [-0.25, -0.2) is 8.42 Å². The van der Waals surface area contributed by atoms with E-state index in [9.17, 15) is 8.42 Å². The summed E-state index contributed by atoms with van der Waals surface area (Å²) in [6, 6.07) is 0. The van der Waals surface area contributed by atoms with Crippen LogP contribution in [0.15, 0.2) is 11.1 Å². The molecule has 1 aromatic rings. The van der Waals surface area contributed by atoms with Crippen molar-refractivity contribution in [2.45, 2.75) is 37.2 Å². The Kier molecular flexibility index (Phi) is 3.00. The summed E-state index contributed by atoms with van der Waals surface area (Å²) in [5.74, 6) is 0. The number of nitrogens with two attached hydrogens (primary N) is 1. The van der Waals surface area contributed by atoms with Crippen LogP contribution in [-0.4, -0.2) is 35.6 Å². The molecule has 90 valence electrons. The van der Waals surface area contributed by atoms with Gasteiger partial charge in [0.05, 0.1) is 18.1 Å². The lowest BCUT2D eigenvalue weighted by molar-refractivity contribution is 0.258. The van der Waals surface area contributed by atoms with Gasteiger partial charge in [0.1, 0.15) is 4.90 Å². The van der Waals surface area contributed by atoms with Gasteiger partial charge in [0.25, 0.3) is 0 Å². The fourth-order valence-electron chi connectivity index (χ4n) is 1.96. The maximum Gasteiger partial charge on any atom is 0.247 e.